The van der Waals surface area contributed by atoms with E-state index in [4.69, 9.17) is 5.26 Å². The molecule has 0 saturated carbocycles. The highest BCUT2D eigenvalue weighted by Gasteiger charge is 2.06. The molecule has 0 unspecified atom stereocenters. The van der Waals surface area contributed by atoms with E-state index in [2.05, 4.69) is 9.44 Å². The normalized spacial score (nSPS) is 12.7. The molecular weight excluding hydrogens is 216 g/mol. The van der Waals surface area contributed by atoms with E-state index >= 15 is 0 Å². The summed E-state index contributed by atoms with van der Waals surface area (Å²) in [6.07, 6.45) is 4.93. The van der Waals surface area contributed by atoms with Gasteiger partial charge in [-0.1, -0.05) is 24.6 Å². The number of hydrogen-bond donors (Lipinski definition) is 0. The van der Waals surface area contributed by atoms with Gasteiger partial charge in [0.2, 0.25) is 0 Å². The lowest BCUT2D eigenvalue weighted by molar-refractivity contribution is 0.341. The van der Waals surface area contributed by atoms with Crippen LogP contribution < -0.4 is 0 Å². The average molecular weight is 230 g/mol. The summed E-state index contributed by atoms with van der Waals surface area (Å²) in [4.78, 5) is 0. The summed E-state index contributed by atoms with van der Waals surface area (Å²) in [6.45, 7) is 3.43. The van der Waals surface area contributed by atoms with E-state index in [0.717, 1.165) is 12.8 Å². The largest absolute Gasteiger partial charge is 0.328 e. The van der Waals surface area contributed by atoms with E-state index in [-0.39, 0.29) is 11.5 Å². The molecule has 0 radical (unpaired) electrons. The summed E-state index contributed by atoms with van der Waals surface area (Å²) in [6, 6.07) is 1.73. The molecule has 0 bridgehead atoms. The van der Waals surface area contributed by atoms with E-state index in [1.165, 1.54) is 13.0 Å². The topological polar surface area (TPSA) is 79.5 Å². The molecule has 0 rings (SSSR count). The minimum Gasteiger partial charge on any atom is -0.267 e. The third-order valence-corrected chi connectivity index (χ3v) is 2.46. The summed E-state index contributed by atoms with van der Waals surface area (Å²) in [7, 11) is -3.63. The first kappa shape index (κ1) is 13.7. The van der Waals surface area contributed by atoms with Gasteiger partial charge in [-0.05, 0) is 19.4 Å². The van der Waals surface area contributed by atoms with E-state index < -0.39 is 10.1 Å². The molecule has 6 heteroatoms. The van der Waals surface area contributed by atoms with Crippen LogP contribution in [0.1, 0.15) is 26.7 Å². The van der Waals surface area contributed by atoms with E-state index in [1.54, 1.807) is 12.1 Å². The number of rotatable bonds is 6. The Bertz CT molecular complexity index is 377. The molecule has 84 valence electrons. The van der Waals surface area contributed by atoms with Crippen LogP contribution in [0.15, 0.2) is 17.3 Å². The standard InChI is InChI=1S/C9H14N2O3S/c1-3-5-6-7-9(8-10)11-14-15(12,13)4-2/h6-7H,3-5H2,1-2H3. The van der Waals surface area contributed by atoms with Crippen molar-refractivity contribution in [2.45, 2.75) is 26.7 Å². The maximum Gasteiger partial charge on any atom is 0.328 e. The highest BCUT2D eigenvalue weighted by Crippen LogP contribution is 1.96. The fraction of sp³-hybridized carbons (Fsp3) is 0.556. The van der Waals surface area contributed by atoms with Gasteiger partial charge in [0.1, 0.15) is 6.07 Å². The fourth-order valence-corrected chi connectivity index (χ4v) is 0.899. The molecule has 0 aliphatic carbocycles. The Balaban J connectivity index is 4.44. The molecule has 0 saturated heterocycles. The smallest absolute Gasteiger partial charge is 0.267 e. The van der Waals surface area contributed by atoms with Gasteiger partial charge in [0, 0.05) is 0 Å². The SMILES string of the molecule is CCCC=CC(C#N)=NOS(=O)(=O)CC. The van der Waals surface area contributed by atoms with Crippen molar-refractivity contribution < 1.29 is 12.7 Å². The van der Waals surface area contributed by atoms with Gasteiger partial charge in [-0.25, -0.2) is 0 Å². The third kappa shape index (κ3) is 6.69. The Labute approximate surface area is 90.2 Å². The van der Waals surface area contributed by atoms with Crippen LogP contribution in [-0.2, 0) is 14.4 Å². The van der Waals surface area contributed by atoms with Crippen LogP contribution in [0.25, 0.3) is 0 Å². The Morgan fingerprint density at radius 2 is 2.20 bits per heavy atom. The molecule has 0 N–H and O–H groups in total. The van der Waals surface area contributed by atoms with E-state index in [0.29, 0.717) is 0 Å². The molecule has 0 heterocycles. The molecule has 0 spiro atoms. The lowest BCUT2D eigenvalue weighted by atomic mass is 10.3. The first-order chi connectivity index (χ1) is 7.05. The molecule has 0 aliphatic heterocycles. The number of nitriles is 1. The van der Waals surface area contributed by atoms with Crippen molar-refractivity contribution in [3.05, 3.63) is 12.2 Å². The van der Waals surface area contributed by atoms with Gasteiger partial charge in [-0.3, -0.25) is 4.28 Å². The van der Waals surface area contributed by atoms with Gasteiger partial charge in [-0.2, -0.15) is 13.7 Å². The molecular formula is C9H14N2O3S. The van der Waals surface area contributed by atoms with E-state index in [9.17, 15) is 8.42 Å². The predicted octanol–water partition coefficient (Wildman–Crippen LogP) is 1.59. The van der Waals surface area contributed by atoms with Crippen LogP contribution in [-0.4, -0.2) is 19.9 Å². The van der Waals surface area contributed by atoms with E-state index in [1.807, 2.05) is 6.92 Å². The summed E-state index contributed by atoms with van der Waals surface area (Å²) in [5.74, 6) is -0.173. The second-order valence-electron chi connectivity index (χ2n) is 2.70. The minimum atomic E-state index is -3.63. The van der Waals surface area contributed by atoms with Crippen LogP contribution in [0.3, 0.4) is 0 Å². The van der Waals surface area contributed by atoms with Crippen molar-refractivity contribution >= 4 is 15.8 Å². The van der Waals surface area contributed by atoms with Crippen LogP contribution >= 0.6 is 0 Å². The average Bonchev–Trinajstić information content (AvgIpc) is 2.23. The van der Waals surface area contributed by atoms with Gasteiger partial charge >= 0.3 is 10.1 Å². The number of oxime groups is 1. The predicted molar refractivity (Wildman–Crippen MR) is 57.6 cm³/mol. The van der Waals surface area contributed by atoms with Crippen LogP contribution in [0.2, 0.25) is 0 Å². The zero-order chi connectivity index (χ0) is 11.7. The quantitative estimate of drug-likeness (QED) is 0.512. The molecule has 0 aromatic rings. The Kier molecular flexibility index (Phi) is 6.38. The van der Waals surface area contributed by atoms with Crippen molar-refractivity contribution in [2.75, 3.05) is 5.75 Å². The molecule has 15 heavy (non-hydrogen) atoms. The number of nitrogens with zero attached hydrogens (tertiary/aromatic N) is 2. The summed E-state index contributed by atoms with van der Waals surface area (Å²) >= 11 is 0. The maximum atomic E-state index is 10.9. The van der Waals surface area contributed by atoms with Crippen LogP contribution in [0.5, 0.6) is 0 Å². The second kappa shape index (κ2) is 7.01. The summed E-state index contributed by atoms with van der Waals surface area (Å²) < 4.78 is 26.0. The van der Waals surface area contributed by atoms with Crippen molar-refractivity contribution in [3.8, 4) is 6.07 Å². The van der Waals surface area contributed by atoms with Gasteiger partial charge in [0.25, 0.3) is 0 Å². The molecule has 0 aliphatic rings. The summed E-state index contributed by atoms with van der Waals surface area (Å²) in [5, 5.41) is 11.8. The first-order valence-corrected chi connectivity index (χ1v) is 6.19. The monoisotopic (exact) mass is 230 g/mol. The number of allylic oxidation sites excluding steroid dienone is 2. The van der Waals surface area contributed by atoms with Gasteiger partial charge < -0.3 is 0 Å². The lowest BCUT2D eigenvalue weighted by Crippen LogP contribution is -2.05. The number of hydrogen-bond acceptors (Lipinski definition) is 5. The summed E-state index contributed by atoms with van der Waals surface area (Å²) in [5.41, 5.74) is -0.0551. The molecule has 0 fully saturated rings. The van der Waals surface area contributed by atoms with Crippen LogP contribution in [0.4, 0.5) is 0 Å². The fourth-order valence-electron chi connectivity index (χ4n) is 0.599. The van der Waals surface area contributed by atoms with Crippen molar-refractivity contribution in [1.29, 1.82) is 5.26 Å². The minimum absolute atomic E-state index is 0.0551. The lowest BCUT2D eigenvalue weighted by Gasteiger charge is -1.95. The Morgan fingerprint density at radius 1 is 1.53 bits per heavy atom. The zero-order valence-electron chi connectivity index (χ0n) is 8.80. The van der Waals surface area contributed by atoms with Crippen molar-refractivity contribution in [1.82, 2.24) is 0 Å². The van der Waals surface area contributed by atoms with Crippen LogP contribution in [0, 0.1) is 11.3 Å². The highest BCUT2D eigenvalue weighted by molar-refractivity contribution is 7.86. The second-order valence-corrected chi connectivity index (χ2v) is 4.54. The molecule has 5 nitrogen and oxygen atoms in total. The van der Waals surface area contributed by atoms with Gasteiger partial charge in [-0.15, -0.1) is 0 Å². The highest BCUT2D eigenvalue weighted by atomic mass is 32.2. The molecule has 0 atom stereocenters. The van der Waals surface area contributed by atoms with Gasteiger partial charge in [0.15, 0.2) is 5.71 Å². The molecule has 0 aromatic carbocycles. The maximum absolute atomic E-state index is 10.9. The molecule has 0 aromatic heterocycles. The zero-order valence-corrected chi connectivity index (χ0v) is 9.62. The Morgan fingerprint density at radius 3 is 2.67 bits per heavy atom. The first-order valence-electron chi connectivity index (χ1n) is 4.61. The number of unbranched alkanes of at least 4 members (excludes halogenated alkanes) is 1. The third-order valence-electron chi connectivity index (χ3n) is 1.45. The van der Waals surface area contributed by atoms with Gasteiger partial charge in [0.05, 0.1) is 5.75 Å². The molecule has 0 amide bonds. The van der Waals surface area contributed by atoms with Crippen molar-refractivity contribution in [3.63, 3.8) is 0 Å². The Hall–Kier alpha value is -1.35. The van der Waals surface area contributed by atoms with Crippen molar-refractivity contribution in [2.24, 2.45) is 5.16 Å².